The lowest BCUT2D eigenvalue weighted by molar-refractivity contribution is 0.271. The molecule has 28 heavy (non-hydrogen) atoms. The van der Waals surface area contributed by atoms with Gasteiger partial charge >= 0.3 is 0 Å². The van der Waals surface area contributed by atoms with Crippen molar-refractivity contribution < 1.29 is 9.47 Å². The second-order valence-corrected chi connectivity index (χ2v) is 7.55. The molecule has 0 fully saturated rings. The molecule has 0 aliphatic heterocycles. The Labute approximate surface area is 178 Å². The van der Waals surface area contributed by atoms with Gasteiger partial charge in [-0.2, -0.15) is 0 Å². The lowest BCUT2D eigenvalue weighted by Crippen LogP contribution is -2.08. The molecular formula is C20H19Cl2N3O2S. The number of aromatic nitrogens is 3. The van der Waals surface area contributed by atoms with Gasteiger partial charge in [-0.3, -0.25) is 4.57 Å². The number of benzene rings is 2. The molecule has 0 spiro atoms. The maximum Gasteiger partial charge on any atom is 0.191 e. The number of nitrogens with zero attached hydrogens (tertiary/aromatic N) is 3. The summed E-state index contributed by atoms with van der Waals surface area (Å²) in [5.41, 5.74) is 0.982. The summed E-state index contributed by atoms with van der Waals surface area (Å²) in [6.45, 7) is 4.67. The standard InChI is InChI=1S/C20H19Cl2N3O2S/c1-3-10-25-19(12-27-18-7-5-4-6-17(18)26-2)23-24-20(25)28-13-14-8-9-15(21)11-16(14)22/h3-9,11H,1,10,12-13H2,2H3. The van der Waals surface area contributed by atoms with Gasteiger partial charge < -0.3 is 9.47 Å². The van der Waals surface area contributed by atoms with Crippen LogP contribution in [0.5, 0.6) is 11.5 Å². The van der Waals surface area contributed by atoms with E-state index in [-0.39, 0.29) is 6.61 Å². The molecule has 3 rings (SSSR count). The highest BCUT2D eigenvalue weighted by Gasteiger charge is 2.14. The minimum atomic E-state index is 0.267. The van der Waals surface area contributed by atoms with E-state index in [4.69, 9.17) is 32.7 Å². The van der Waals surface area contributed by atoms with E-state index in [1.54, 1.807) is 31.0 Å². The second kappa shape index (κ2) is 9.87. The maximum absolute atomic E-state index is 6.26. The van der Waals surface area contributed by atoms with Crippen LogP contribution in [0.25, 0.3) is 0 Å². The molecule has 2 aromatic carbocycles. The Kier molecular flexibility index (Phi) is 7.25. The van der Waals surface area contributed by atoms with Crippen molar-refractivity contribution in [2.45, 2.75) is 24.1 Å². The van der Waals surface area contributed by atoms with Gasteiger partial charge in [0.2, 0.25) is 0 Å². The monoisotopic (exact) mass is 435 g/mol. The van der Waals surface area contributed by atoms with E-state index in [9.17, 15) is 0 Å². The van der Waals surface area contributed by atoms with Gasteiger partial charge in [0.25, 0.3) is 0 Å². The molecule has 146 valence electrons. The van der Waals surface area contributed by atoms with E-state index in [1.807, 2.05) is 41.0 Å². The van der Waals surface area contributed by atoms with E-state index in [1.165, 1.54) is 0 Å². The van der Waals surface area contributed by atoms with Crippen molar-refractivity contribution in [3.63, 3.8) is 0 Å². The number of hydrogen-bond donors (Lipinski definition) is 0. The molecule has 0 unspecified atom stereocenters. The third-order valence-electron chi connectivity index (χ3n) is 3.90. The van der Waals surface area contributed by atoms with Crippen LogP contribution in [0.3, 0.4) is 0 Å². The number of methoxy groups -OCH3 is 1. The molecule has 5 nitrogen and oxygen atoms in total. The normalized spacial score (nSPS) is 10.7. The molecule has 0 atom stereocenters. The summed E-state index contributed by atoms with van der Waals surface area (Å²) >= 11 is 13.8. The Morgan fingerprint density at radius 2 is 1.93 bits per heavy atom. The van der Waals surface area contributed by atoms with Gasteiger partial charge in [0.15, 0.2) is 22.5 Å². The minimum Gasteiger partial charge on any atom is -0.493 e. The Bertz CT molecular complexity index is 962. The van der Waals surface area contributed by atoms with Gasteiger partial charge in [0, 0.05) is 22.3 Å². The molecule has 0 saturated heterocycles. The van der Waals surface area contributed by atoms with Crippen molar-refractivity contribution in [3.8, 4) is 11.5 Å². The highest BCUT2D eigenvalue weighted by atomic mass is 35.5. The highest BCUT2D eigenvalue weighted by molar-refractivity contribution is 7.98. The SMILES string of the molecule is C=CCn1c(COc2ccccc2OC)nnc1SCc1ccc(Cl)cc1Cl. The summed E-state index contributed by atoms with van der Waals surface area (Å²) in [7, 11) is 1.61. The Balaban J connectivity index is 1.73. The van der Waals surface area contributed by atoms with E-state index < -0.39 is 0 Å². The van der Waals surface area contributed by atoms with Crippen LogP contribution >= 0.6 is 35.0 Å². The Hall–Kier alpha value is -2.15. The summed E-state index contributed by atoms with van der Waals surface area (Å²) in [4.78, 5) is 0. The molecule has 0 radical (unpaired) electrons. The third kappa shape index (κ3) is 5.01. The molecule has 3 aromatic rings. The van der Waals surface area contributed by atoms with Gasteiger partial charge in [0.05, 0.1) is 7.11 Å². The first-order valence-electron chi connectivity index (χ1n) is 8.48. The molecule has 0 amide bonds. The number of ether oxygens (including phenoxy) is 2. The van der Waals surface area contributed by atoms with Crippen LogP contribution < -0.4 is 9.47 Å². The smallest absolute Gasteiger partial charge is 0.191 e. The van der Waals surface area contributed by atoms with E-state index in [2.05, 4.69) is 16.8 Å². The first kappa shape index (κ1) is 20.6. The van der Waals surface area contributed by atoms with Crippen LogP contribution in [0.4, 0.5) is 0 Å². The summed E-state index contributed by atoms with van der Waals surface area (Å²) in [6, 6.07) is 13.0. The first-order valence-corrected chi connectivity index (χ1v) is 10.2. The van der Waals surface area contributed by atoms with E-state index >= 15 is 0 Å². The van der Waals surface area contributed by atoms with Crippen molar-refractivity contribution in [2.24, 2.45) is 0 Å². The highest BCUT2D eigenvalue weighted by Crippen LogP contribution is 2.29. The number of para-hydroxylation sites is 2. The van der Waals surface area contributed by atoms with Crippen molar-refractivity contribution in [3.05, 3.63) is 76.6 Å². The number of thioether (sulfide) groups is 1. The molecule has 0 bridgehead atoms. The van der Waals surface area contributed by atoms with Crippen LogP contribution in [0.1, 0.15) is 11.4 Å². The molecule has 0 aliphatic rings. The summed E-state index contributed by atoms with van der Waals surface area (Å²) in [5, 5.41) is 10.6. The molecule has 0 saturated carbocycles. The van der Waals surface area contributed by atoms with Crippen molar-refractivity contribution in [2.75, 3.05) is 7.11 Å². The molecule has 0 N–H and O–H groups in total. The maximum atomic E-state index is 6.26. The zero-order valence-electron chi connectivity index (χ0n) is 15.3. The van der Waals surface area contributed by atoms with Crippen molar-refractivity contribution >= 4 is 35.0 Å². The second-order valence-electron chi connectivity index (χ2n) is 5.76. The van der Waals surface area contributed by atoms with Crippen LogP contribution in [0.15, 0.2) is 60.3 Å². The number of allylic oxidation sites excluding steroid dienone is 1. The van der Waals surface area contributed by atoms with E-state index in [0.29, 0.717) is 39.7 Å². The predicted molar refractivity (Wildman–Crippen MR) is 114 cm³/mol. The quantitative estimate of drug-likeness (QED) is 0.321. The first-order chi connectivity index (χ1) is 13.6. The van der Waals surface area contributed by atoms with Gasteiger partial charge in [-0.1, -0.05) is 59.2 Å². The Morgan fingerprint density at radius 3 is 2.64 bits per heavy atom. The topological polar surface area (TPSA) is 49.2 Å². The van der Waals surface area contributed by atoms with Crippen LogP contribution in [0, 0.1) is 0 Å². The molecule has 1 heterocycles. The zero-order chi connectivity index (χ0) is 19.9. The van der Waals surface area contributed by atoms with Crippen LogP contribution in [0.2, 0.25) is 10.0 Å². The van der Waals surface area contributed by atoms with Gasteiger partial charge in [-0.15, -0.1) is 16.8 Å². The van der Waals surface area contributed by atoms with Crippen molar-refractivity contribution in [1.29, 1.82) is 0 Å². The minimum absolute atomic E-state index is 0.267. The van der Waals surface area contributed by atoms with Gasteiger partial charge in [-0.25, -0.2) is 0 Å². The van der Waals surface area contributed by atoms with Crippen LogP contribution in [-0.2, 0) is 18.9 Å². The fourth-order valence-electron chi connectivity index (χ4n) is 2.51. The predicted octanol–water partition coefficient (Wildman–Crippen LogP) is 5.65. The summed E-state index contributed by atoms with van der Waals surface area (Å²) < 4.78 is 13.2. The lowest BCUT2D eigenvalue weighted by Gasteiger charge is -2.11. The molecular weight excluding hydrogens is 417 g/mol. The van der Waals surface area contributed by atoms with Crippen LogP contribution in [-0.4, -0.2) is 21.9 Å². The number of halogens is 2. The molecule has 8 heteroatoms. The molecule has 0 aliphatic carbocycles. The largest absolute Gasteiger partial charge is 0.493 e. The fourth-order valence-corrected chi connectivity index (χ4v) is 4.03. The third-order valence-corrected chi connectivity index (χ3v) is 5.51. The van der Waals surface area contributed by atoms with Gasteiger partial charge in [-0.05, 0) is 29.8 Å². The number of hydrogen-bond acceptors (Lipinski definition) is 5. The fraction of sp³-hybridized carbons (Fsp3) is 0.200. The van der Waals surface area contributed by atoms with Crippen molar-refractivity contribution in [1.82, 2.24) is 14.8 Å². The molecule has 1 aromatic heterocycles. The summed E-state index contributed by atoms with van der Waals surface area (Å²) in [5.74, 6) is 2.68. The average molecular weight is 436 g/mol. The van der Waals surface area contributed by atoms with E-state index in [0.717, 1.165) is 10.7 Å². The zero-order valence-corrected chi connectivity index (χ0v) is 17.6. The average Bonchev–Trinajstić information content (AvgIpc) is 3.08. The Morgan fingerprint density at radius 1 is 1.14 bits per heavy atom. The number of rotatable bonds is 9. The lowest BCUT2D eigenvalue weighted by atomic mass is 10.2. The van der Waals surface area contributed by atoms with Gasteiger partial charge in [0.1, 0.15) is 6.61 Å². The summed E-state index contributed by atoms with van der Waals surface area (Å²) in [6.07, 6.45) is 1.80.